The van der Waals surface area contributed by atoms with Crippen LogP contribution in [0.25, 0.3) is 0 Å². The van der Waals surface area contributed by atoms with Gasteiger partial charge in [0.15, 0.2) is 6.54 Å². The number of nitrogens with zero attached hydrogens (tertiary/aromatic N) is 3. The van der Waals surface area contributed by atoms with Crippen molar-refractivity contribution in [3.63, 3.8) is 0 Å². The van der Waals surface area contributed by atoms with Crippen LogP contribution in [0.15, 0.2) is 24.3 Å². The molecular weight excluding hydrogens is 582 g/mol. The number of anilines is 2. The van der Waals surface area contributed by atoms with E-state index < -0.39 is 0 Å². The van der Waals surface area contributed by atoms with Gasteiger partial charge in [0.2, 0.25) is 5.91 Å². The summed E-state index contributed by atoms with van der Waals surface area (Å²) in [4.78, 5) is 29.0. The molecule has 7 nitrogen and oxygen atoms in total. The maximum absolute atomic E-state index is 13.3. The van der Waals surface area contributed by atoms with Gasteiger partial charge in [-0.05, 0) is 121 Å². The normalized spacial score (nSPS) is 16.5. The van der Waals surface area contributed by atoms with Crippen molar-refractivity contribution in [2.75, 3.05) is 49.9 Å². The van der Waals surface area contributed by atoms with Crippen molar-refractivity contribution in [3.8, 4) is 6.07 Å². The molecule has 0 aromatic heterocycles. The van der Waals surface area contributed by atoms with Crippen molar-refractivity contribution < 1.29 is 14.1 Å². The summed E-state index contributed by atoms with van der Waals surface area (Å²) in [5.41, 5.74) is 5.99. The Labute approximate surface area is 276 Å². The fraction of sp³-hybridized carbons (Fsp3) is 0.595. The predicted molar refractivity (Wildman–Crippen MR) is 187 cm³/mol. The van der Waals surface area contributed by atoms with Gasteiger partial charge < -0.3 is 15.1 Å². The topological polar surface area (TPSA) is 85.2 Å². The van der Waals surface area contributed by atoms with E-state index in [1.165, 1.54) is 0 Å². The van der Waals surface area contributed by atoms with Crippen LogP contribution in [-0.4, -0.2) is 66.5 Å². The van der Waals surface area contributed by atoms with Crippen molar-refractivity contribution in [3.05, 3.63) is 57.1 Å². The molecule has 0 spiro atoms. The highest BCUT2D eigenvalue weighted by molar-refractivity contribution is 6.31. The highest BCUT2D eigenvalue weighted by Crippen LogP contribution is 2.29. The Balaban J connectivity index is 1.46. The van der Waals surface area contributed by atoms with Gasteiger partial charge in [-0.25, -0.2) is 0 Å². The molecule has 45 heavy (non-hydrogen) atoms. The van der Waals surface area contributed by atoms with Gasteiger partial charge in [-0.3, -0.25) is 14.5 Å². The third-order valence-corrected chi connectivity index (χ3v) is 10.2. The average Bonchev–Trinajstić information content (AvgIpc) is 3.03. The fourth-order valence-corrected chi connectivity index (χ4v) is 7.04. The number of carbonyl (C=O) groups is 2. The average molecular weight is 637 g/mol. The van der Waals surface area contributed by atoms with E-state index in [9.17, 15) is 14.9 Å². The molecule has 8 heteroatoms. The zero-order chi connectivity index (χ0) is 33.0. The molecule has 1 heterocycles. The molecule has 1 fully saturated rings. The number of likely N-dealkylation sites (tertiary alicyclic amines) is 1. The molecule has 246 valence electrons. The Morgan fingerprint density at radius 3 is 2.27 bits per heavy atom. The van der Waals surface area contributed by atoms with Crippen LogP contribution in [0.2, 0.25) is 5.02 Å². The number of halogens is 1. The Kier molecular flexibility index (Phi) is 14.4. The van der Waals surface area contributed by atoms with Crippen LogP contribution >= 0.6 is 11.6 Å². The minimum Gasteiger partial charge on any atom is -0.324 e. The van der Waals surface area contributed by atoms with Crippen LogP contribution in [0, 0.1) is 39.0 Å². The Hall–Kier alpha value is -2.92. The molecule has 1 aliphatic heterocycles. The van der Waals surface area contributed by atoms with Crippen molar-refractivity contribution in [1.29, 1.82) is 5.26 Å². The van der Waals surface area contributed by atoms with Crippen LogP contribution < -0.4 is 10.6 Å². The van der Waals surface area contributed by atoms with Gasteiger partial charge in [0.25, 0.3) is 5.91 Å². The van der Waals surface area contributed by atoms with E-state index in [1.807, 2.05) is 52.0 Å². The number of hydrogen-bond donors (Lipinski definition) is 2. The number of piperidine rings is 1. The molecule has 2 aromatic rings. The van der Waals surface area contributed by atoms with Crippen LogP contribution in [0.1, 0.15) is 99.5 Å². The SMILES string of the molecule is CCC[N+](CC)(CCCCCCCN1CCCCC1C(=O)Nc1c(C)ccc(Cl)c1C)CC(=O)Nc1c(C)ccc(C#N)c1C. The van der Waals surface area contributed by atoms with Gasteiger partial charge in [-0.2, -0.15) is 5.26 Å². The number of hydrogen-bond acceptors (Lipinski definition) is 4. The maximum atomic E-state index is 13.3. The van der Waals surface area contributed by atoms with Gasteiger partial charge >= 0.3 is 0 Å². The Bertz CT molecular complexity index is 1350. The van der Waals surface area contributed by atoms with Gasteiger partial charge in [0, 0.05) is 16.4 Å². The minimum absolute atomic E-state index is 0.0207. The molecule has 2 aromatic carbocycles. The molecule has 2 N–H and O–H groups in total. The number of benzene rings is 2. The van der Waals surface area contributed by atoms with Gasteiger partial charge in [-0.15, -0.1) is 0 Å². The number of unbranched alkanes of at least 4 members (excludes halogenated alkanes) is 4. The summed E-state index contributed by atoms with van der Waals surface area (Å²) in [5.74, 6) is 0.104. The molecule has 0 aliphatic carbocycles. The second-order valence-corrected chi connectivity index (χ2v) is 13.4. The molecule has 0 radical (unpaired) electrons. The number of nitrogens with one attached hydrogen (secondary N) is 2. The van der Waals surface area contributed by atoms with Crippen LogP contribution in [-0.2, 0) is 9.59 Å². The second-order valence-electron chi connectivity index (χ2n) is 13.0. The van der Waals surface area contributed by atoms with E-state index in [0.717, 1.165) is 129 Å². The highest BCUT2D eigenvalue weighted by atomic mass is 35.5. The summed E-state index contributed by atoms with van der Waals surface area (Å²) in [6.45, 7) is 17.5. The highest BCUT2D eigenvalue weighted by Gasteiger charge is 2.30. The summed E-state index contributed by atoms with van der Waals surface area (Å²) in [6.07, 6.45) is 9.79. The fourth-order valence-electron chi connectivity index (χ4n) is 6.88. The first-order chi connectivity index (χ1) is 21.6. The lowest BCUT2D eigenvalue weighted by molar-refractivity contribution is -0.919. The van der Waals surface area contributed by atoms with E-state index in [2.05, 4.69) is 35.5 Å². The van der Waals surface area contributed by atoms with E-state index >= 15 is 0 Å². The largest absolute Gasteiger partial charge is 0.324 e. The van der Waals surface area contributed by atoms with Gasteiger partial charge in [0.1, 0.15) is 0 Å². The maximum Gasteiger partial charge on any atom is 0.279 e. The van der Waals surface area contributed by atoms with Crippen molar-refractivity contribution in [2.24, 2.45) is 0 Å². The second kappa shape index (κ2) is 17.7. The Morgan fingerprint density at radius 2 is 1.58 bits per heavy atom. The lowest BCUT2D eigenvalue weighted by Gasteiger charge is -2.37. The molecule has 2 unspecified atom stereocenters. The third kappa shape index (κ3) is 10.0. The molecule has 1 aliphatic rings. The number of nitriles is 1. The van der Waals surface area contributed by atoms with E-state index in [-0.39, 0.29) is 17.9 Å². The zero-order valence-electron chi connectivity index (χ0n) is 28.5. The number of aryl methyl sites for hydroxylation is 2. The third-order valence-electron chi connectivity index (χ3n) is 9.76. The van der Waals surface area contributed by atoms with Gasteiger partial charge in [-0.1, -0.05) is 49.9 Å². The number of likely N-dealkylation sites (N-methyl/N-ethyl adjacent to an activating group) is 1. The lowest BCUT2D eigenvalue weighted by atomic mass is 10.00. The molecule has 2 atom stereocenters. The standard InChI is InChI=1S/C37H54ClN5O2/c1-7-23-43(8-2,26-34(44)40-35-27(3)17-19-31(25-39)29(35)5)24-15-11-9-10-13-21-42-22-14-12-16-33(42)37(45)41-36-28(4)18-20-32(38)30(36)6/h17-20,33H,7-16,21-24,26H2,1-6H3,(H-,40,41,44,45)/p+1. The Morgan fingerprint density at radius 1 is 0.911 bits per heavy atom. The summed E-state index contributed by atoms with van der Waals surface area (Å²) >= 11 is 6.34. The van der Waals surface area contributed by atoms with E-state index in [0.29, 0.717) is 17.1 Å². The molecule has 1 saturated heterocycles. The summed E-state index contributed by atoms with van der Waals surface area (Å²) in [6, 6.07) is 9.70. The molecule has 0 bridgehead atoms. The number of amides is 2. The minimum atomic E-state index is -0.0888. The lowest BCUT2D eigenvalue weighted by Crippen LogP contribution is -2.53. The van der Waals surface area contributed by atoms with Gasteiger partial charge in [0.05, 0.1) is 37.3 Å². The number of quaternary nitrogens is 1. The smallest absolute Gasteiger partial charge is 0.279 e. The summed E-state index contributed by atoms with van der Waals surface area (Å²) < 4.78 is 0.786. The number of carbonyl (C=O) groups excluding carboxylic acids is 2. The zero-order valence-corrected chi connectivity index (χ0v) is 29.3. The number of rotatable bonds is 16. The monoisotopic (exact) mass is 636 g/mol. The van der Waals surface area contributed by atoms with Crippen molar-refractivity contribution >= 4 is 34.8 Å². The molecular formula is C37H55ClN5O2+. The first-order valence-corrected chi connectivity index (χ1v) is 17.4. The van der Waals surface area contributed by atoms with E-state index in [4.69, 9.17) is 11.6 Å². The van der Waals surface area contributed by atoms with Crippen molar-refractivity contribution in [1.82, 2.24) is 4.90 Å². The first-order valence-electron chi connectivity index (χ1n) is 17.0. The summed E-state index contributed by atoms with van der Waals surface area (Å²) in [5, 5.41) is 16.4. The quantitative estimate of drug-likeness (QED) is 0.144. The van der Waals surface area contributed by atoms with Crippen LogP contribution in [0.3, 0.4) is 0 Å². The van der Waals surface area contributed by atoms with Crippen LogP contribution in [0.5, 0.6) is 0 Å². The first kappa shape index (κ1) is 36.5. The predicted octanol–water partition coefficient (Wildman–Crippen LogP) is 8.07. The molecule has 2 amide bonds. The van der Waals surface area contributed by atoms with E-state index in [1.54, 1.807) is 0 Å². The molecule has 3 rings (SSSR count). The summed E-state index contributed by atoms with van der Waals surface area (Å²) in [7, 11) is 0. The van der Waals surface area contributed by atoms with Crippen molar-refractivity contribution in [2.45, 2.75) is 105 Å². The van der Waals surface area contributed by atoms with Crippen LogP contribution in [0.4, 0.5) is 11.4 Å². The molecule has 0 saturated carbocycles.